The Labute approximate surface area is 177 Å². The minimum atomic E-state index is -1.07. The van der Waals surface area contributed by atoms with Crippen molar-refractivity contribution in [1.29, 1.82) is 5.41 Å². The molecule has 0 atom stereocenters. The molecule has 30 heavy (non-hydrogen) atoms. The van der Waals surface area contributed by atoms with Crippen molar-refractivity contribution < 1.29 is 8.78 Å². The molecule has 0 bridgehead atoms. The van der Waals surface area contributed by atoms with Crippen molar-refractivity contribution in [3.63, 3.8) is 0 Å². The minimum absolute atomic E-state index is 0.0852. The lowest BCUT2D eigenvalue weighted by Crippen LogP contribution is -2.18. The van der Waals surface area contributed by atoms with E-state index in [1.54, 1.807) is 56.8 Å². The van der Waals surface area contributed by atoms with Gasteiger partial charge in [0, 0.05) is 37.3 Å². The molecule has 8 heteroatoms. The largest absolute Gasteiger partial charge is 0.380 e. The van der Waals surface area contributed by atoms with Gasteiger partial charge < -0.3 is 14.6 Å². The number of pyridine rings is 1. The Hall–Kier alpha value is -3.13. The molecule has 0 aliphatic carbocycles. The maximum atomic E-state index is 14.2. The third-order valence-electron chi connectivity index (χ3n) is 4.66. The first-order valence-corrected chi connectivity index (χ1v) is 10.4. The lowest BCUT2D eigenvalue weighted by molar-refractivity contribution is 0.627. The van der Waals surface area contributed by atoms with Crippen molar-refractivity contribution in [2.24, 2.45) is 7.05 Å². The lowest BCUT2D eigenvalue weighted by atomic mass is 10.0. The molecular formula is C22H22F2N4OS. The predicted molar refractivity (Wildman–Crippen MR) is 121 cm³/mol. The highest BCUT2D eigenvalue weighted by atomic mass is 32.2. The molecule has 0 amide bonds. The smallest absolute Gasteiger partial charge is 0.253 e. The zero-order chi connectivity index (χ0) is 21.8. The van der Waals surface area contributed by atoms with Gasteiger partial charge >= 0.3 is 0 Å². The first-order chi connectivity index (χ1) is 14.3. The van der Waals surface area contributed by atoms with Crippen LogP contribution in [0.15, 0.2) is 53.5 Å². The zero-order valence-corrected chi connectivity index (χ0v) is 17.7. The van der Waals surface area contributed by atoms with Crippen molar-refractivity contribution in [3.8, 4) is 11.1 Å². The van der Waals surface area contributed by atoms with Crippen LogP contribution < -0.4 is 15.6 Å². The lowest BCUT2D eigenvalue weighted by Gasteiger charge is -2.18. The fraction of sp³-hybridized carbons (Fsp3) is 0.182. The molecule has 0 saturated heterocycles. The number of halogens is 2. The first-order valence-electron chi connectivity index (χ1n) is 9.17. The Balaban J connectivity index is 2.09. The SMILES string of the molecule is CSNc1cc(-c2cc(C)c(=O)n(C)c2)cc(NCc2ccc(F)cc2)c1C(=N)F. The number of aromatic nitrogens is 1. The Bertz CT molecular complexity index is 1120. The molecule has 0 aliphatic heterocycles. The molecule has 0 aliphatic rings. The van der Waals surface area contributed by atoms with Crippen LogP contribution in [0.3, 0.4) is 0 Å². The summed E-state index contributed by atoms with van der Waals surface area (Å²) in [6, 6.07) is 11.3. The predicted octanol–water partition coefficient (Wildman–Crippen LogP) is 5.10. The van der Waals surface area contributed by atoms with E-state index in [0.29, 0.717) is 23.5 Å². The number of rotatable bonds is 7. The Kier molecular flexibility index (Phi) is 6.56. The number of anilines is 2. The third-order valence-corrected chi connectivity index (χ3v) is 5.09. The van der Waals surface area contributed by atoms with Crippen LogP contribution in [-0.4, -0.2) is 16.8 Å². The molecule has 0 unspecified atom stereocenters. The molecular weight excluding hydrogens is 406 g/mol. The van der Waals surface area contributed by atoms with Gasteiger partial charge in [0.05, 0.1) is 11.3 Å². The summed E-state index contributed by atoms with van der Waals surface area (Å²) in [5.41, 5.74) is 3.85. The quantitative estimate of drug-likeness (QED) is 0.362. The standard InChI is InChI=1S/C22H22F2N4OS/c1-13-8-16(12-28(2)22(13)29)15-9-18(20(21(24)25)19(10-15)27-30-3)26-11-14-4-6-17(23)7-5-14/h4-10,12,25-27H,11H2,1-3H3. The number of nitrogens with one attached hydrogen (secondary N) is 3. The molecule has 3 N–H and O–H groups in total. The van der Waals surface area contributed by atoms with Gasteiger partial charge in [-0.2, -0.15) is 4.39 Å². The molecule has 0 radical (unpaired) electrons. The van der Waals surface area contributed by atoms with Gasteiger partial charge in [-0.1, -0.05) is 24.1 Å². The molecule has 3 aromatic rings. The summed E-state index contributed by atoms with van der Waals surface area (Å²) in [4.78, 5) is 12.0. The van der Waals surface area contributed by atoms with Gasteiger partial charge in [-0.3, -0.25) is 10.2 Å². The summed E-state index contributed by atoms with van der Waals surface area (Å²) < 4.78 is 31.9. The van der Waals surface area contributed by atoms with Gasteiger partial charge in [0.15, 0.2) is 0 Å². The van der Waals surface area contributed by atoms with Crippen LogP contribution in [0.1, 0.15) is 16.7 Å². The van der Waals surface area contributed by atoms with Crippen LogP contribution in [0.2, 0.25) is 0 Å². The van der Waals surface area contributed by atoms with Gasteiger partial charge in [0.1, 0.15) is 5.82 Å². The molecule has 2 aromatic carbocycles. The normalized spacial score (nSPS) is 10.7. The van der Waals surface area contributed by atoms with Crippen LogP contribution in [0.25, 0.3) is 11.1 Å². The third kappa shape index (κ3) is 4.71. The van der Waals surface area contributed by atoms with Crippen LogP contribution in [-0.2, 0) is 13.6 Å². The highest BCUT2D eigenvalue weighted by Gasteiger charge is 2.17. The van der Waals surface area contributed by atoms with Crippen molar-refractivity contribution in [2.45, 2.75) is 13.5 Å². The van der Waals surface area contributed by atoms with E-state index < -0.39 is 5.97 Å². The van der Waals surface area contributed by atoms with Crippen LogP contribution in [0.5, 0.6) is 0 Å². The summed E-state index contributed by atoms with van der Waals surface area (Å²) >= 11 is 1.29. The van der Waals surface area contributed by atoms with E-state index in [1.165, 1.54) is 28.6 Å². The van der Waals surface area contributed by atoms with Gasteiger partial charge in [0.25, 0.3) is 5.56 Å². The summed E-state index contributed by atoms with van der Waals surface area (Å²) in [5, 5.41) is 10.8. The molecule has 1 aromatic heterocycles. The number of hydrogen-bond donors (Lipinski definition) is 3. The van der Waals surface area contributed by atoms with Crippen LogP contribution in [0, 0.1) is 18.2 Å². The van der Waals surface area contributed by atoms with Crippen LogP contribution >= 0.6 is 11.9 Å². The molecule has 1 heterocycles. The molecule has 3 rings (SSSR count). The average Bonchev–Trinajstić information content (AvgIpc) is 2.71. The number of aryl methyl sites for hydroxylation is 2. The van der Waals surface area contributed by atoms with E-state index in [-0.39, 0.29) is 16.9 Å². The second-order valence-corrected chi connectivity index (χ2v) is 7.49. The molecule has 0 fully saturated rings. The maximum Gasteiger partial charge on any atom is 0.253 e. The van der Waals surface area contributed by atoms with Crippen LogP contribution in [0.4, 0.5) is 20.2 Å². The van der Waals surface area contributed by atoms with Crippen molar-refractivity contribution in [1.82, 2.24) is 4.57 Å². The number of nitrogens with zero attached hydrogens (tertiary/aromatic N) is 1. The number of hydrogen-bond acceptors (Lipinski definition) is 5. The van der Waals surface area contributed by atoms with Crippen molar-refractivity contribution >= 4 is 29.3 Å². The van der Waals surface area contributed by atoms with Gasteiger partial charge in [-0.25, -0.2) is 4.39 Å². The summed E-state index contributed by atoms with van der Waals surface area (Å²) in [6.07, 6.45) is 3.53. The average molecular weight is 429 g/mol. The summed E-state index contributed by atoms with van der Waals surface area (Å²) in [5.74, 6) is -1.40. The zero-order valence-electron chi connectivity index (χ0n) is 16.8. The molecule has 0 spiro atoms. The molecule has 5 nitrogen and oxygen atoms in total. The fourth-order valence-electron chi connectivity index (χ4n) is 3.21. The van der Waals surface area contributed by atoms with Gasteiger partial charge in [-0.05, 0) is 53.9 Å². The Morgan fingerprint density at radius 3 is 2.40 bits per heavy atom. The number of benzene rings is 2. The van der Waals surface area contributed by atoms with Gasteiger partial charge in [0.2, 0.25) is 5.97 Å². The van der Waals surface area contributed by atoms with E-state index >= 15 is 0 Å². The second kappa shape index (κ2) is 9.13. The first kappa shape index (κ1) is 21.6. The van der Waals surface area contributed by atoms with E-state index in [2.05, 4.69) is 10.0 Å². The highest BCUT2D eigenvalue weighted by molar-refractivity contribution is 7.99. The monoisotopic (exact) mass is 428 g/mol. The van der Waals surface area contributed by atoms with E-state index in [4.69, 9.17) is 5.41 Å². The van der Waals surface area contributed by atoms with Gasteiger partial charge in [-0.15, -0.1) is 0 Å². The van der Waals surface area contributed by atoms with Crippen molar-refractivity contribution in [2.75, 3.05) is 16.3 Å². The van der Waals surface area contributed by atoms with E-state index in [0.717, 1.165) is 16.7 Å². The van der Waals surface area contributed by atoms with E-state index in [9.17, 15) is 13.6 Å². The summed E-state index contributed by atoms with van der Waals surface area (Å²) in [7, 11) is 1.68. The van der Waals surface area contributed by atoms with Crippen molar-refractivity contribution in [3.05, 3.63) is 81.5 Å². The fourth-order valence-corrected chi connectivity index (χ4v) is 3.59. The second-order valence-electron chi connectivity index (χ2n) is 6.87. The summed E-state index contributed by atoms with van der Waals surface area (Å²) in [6.45, 7) is 2.07. The molecule has 0 saturated carbocycles. The van der Waals surface area contributed by atoms with E-state index in [1.807, 2.05) is 0 Å². The molecule has 156 valence electrons. The minimum Gasteiger partial charge on any atom is -0.380 e. The highest BCUT2D eigenvalue weighted by Crippen LogP contribution is 2.34. The Morgan fingerprint density at radius 1 is 1.13 bits per heavy atom. The maximum absolute atomic E-state index is 14.2. The Morgan fingerprint density at radius 2 is 1.80 bits per heavy atom. The topological polar surface area (TPSA) is 69.9 Å².